The fraction of sp³-hybridized carbons (Fsp3) is 0.393. The number of halogens is 2. The minimum absolute atomic E-state index is 0. The standard InChI is InChI=1S/C27H31N2Si.CH3.2ClH.Ti/c1-18-28-26-20-11-5-4-10-19(20)16-17-25(26)29(18)30(2,3)27-23-14-8-6-12-21(23)22-13-7-9-15-24(22)27;;;;/h4-18,21-27H,1-3H3;1H3;2*1H;/q2*-1;;;+2/p-2/t18-,21?,22?,23?,24?,25+,26?,27?;;;;/m0..../s1. The minimum atomic E-state index is -1.83. The monoisotopic (exact) mass is 544 g/mol. The summed E-state index contributed by atoms with van der Waals surface area (Å²) in [6.07, 6.45) is 24.2. The van der Waals surface area contributed by atoms with E-state index in [4.69, 9.17) is 23.9 Å². The van der Waals surface area contributed by atoms with Crippen LogP contribution >= 0.6 is 18.6 Å². The normalized spacial score (nSPS) is 36.5. The molecule has 2 nitrogen and oxygen atoms in total. The van der Waals surface area contributed by atoms with Gasteiger partial charge in [-0.25, -0.2) is 0 Å². The molecule has 1 saturated carbocycles. The average Bonchev–Trinajstić information content (AvgIpc) is 3.35. The third kappa shape index (κ3) is 4.36. The molecule has 34 heavy (non-hydrogen) atoms. The zero-order chi connectivity index (χ0) is 23.2. The molecule has 4 aliphatic carbocycles. The fourth-order valence-electron chi connectivity index (χ4n) is 7.40. The molecule has 0 amide bonds. The molecule has 1 aromatic rings. The fourth-order valence-corrected chi connectivity index (χ4v) is 12.3. The Bertz CT molecular complexity index is 999. The summed E-state index contributed by atoms with van der Waals surface area (Å²) in [5.74, 6) is 2.58. The Balaban J connectivity index is 0.000000652. The Hall–Kier alpha value is -0.649. The van der Waals surface area contributed by atoms with Crippen LogP contribution in [0.15, 0.2) is 78.9 Å². The summed E-state index contributed by atoms with van der Waals surface area (Å²) in [4.78, 5) is 0. The molecule has 0 spiro atoms. The summed E-state index contributed by atoms with van der Waals surface area (Å²) in [5.41, 5.74) is 3.46. The van der Waals surface area contributed by atoms with Gasteiger partial charge in [-0.3, -0.25) is 0 Å². The van der Waals surface area contributed by atoms with E-state index in [1.807, 2.05) is 0 Å². The quantitative estimate of drug-likeness (QED) is 0.270. The van der Waals surface area contributed by atoms with Crippen LogP contribution in [0.25, 0.3) is 11.4 Å². The van der Waals surface area contributed by atoms with E-state index in [0.29, 0.717) is 35.3 Å². The average molecular weight is 545 g/mol. The number of rotatable bonds is 2. The molecule has 2 fully saturated rings. The van der Waals surface area contributed by atoms with Gasteiger partial charge in [0.25, 0.3) is 0 Å². The molecule has 0 bridgehead atoms. The van der Waals surface area contributed by atoms with Gasteiger partial charge in [-0.2, -0.15) is 0 Å². The van der Waals surface area contributed by atoms with E-state index in [1.54, 1.807) is 0 Å². The molecular formula is C28H34Cl2N2SiTi-2. The zero-order valence-electron chi connectivity index (χ0n) is 20.4. The van der Waals surface area contributed by atoms with Gasteiger partial charge in [0.05, 0.1) is 0 Å². The van der Waals surface area contributed by atoms with E-state index in [1.165, 1.54) is 11.1 Å². The molecular weight excluding hydrogens is 511 g/mol. The zero-order valence-corrected chi connectivity index (χ0v) is 24.4. The van der Waals surface area contributed by atoms with E-state index < -0.39 is 25.3 Å². The van der Waals surface area contributed by atoms with Gasteiger partial charge in [-0.05, 0) is 34.8 Å². The predicted octanol–water partition coefficient (Wildman–Crippen LogP) is 8.29. The van der Waals surface area contributed by atoms with Crippen LogP contribution in [0.3, 0.4) is 0 Å². The van der Waals surface area contributed by atoms with Gasteiger partial charge in [-0.15, -0.1) is 0 Å². The molecule has 5 unspecified atom stereocenters. The van der Waals surface area contributed by atoms with Crippen LogP contribution in [0.5, 0.6) is 0 Å². The van der Waals surface area contributed by atoms with Gasteiger partial charge in [0.1, 0.15) is 8.24 Å². The van der Waals surface area contributed by atoms with Gasteiger partial charge >= 0.3 is 35.6 Å². The van der Waals surface area contributed by atoms with Crippen molar-refractivity contribution in [2.45, 2.75) is 43.8 Å². The summed E-state index contributed by atoms with van der Waals surface area (Å²) in [7, 11) is 7.95. The number of hydrogen-bond acceptors (Lipinski definition) is 1. The SMILES string of the molecule is C[C@H]1[N-]C2c3ccccc3C=C[C@H]2N1[Si](C)(C)C1C2C=CC=CC2C2C=CC=CC21.[CH3-].[Cl][Ti][Cl]. The Morgan fingerprint density at radius 3 is 1.97 bits per heavy atom. The first-order valence-electron chi connectivity index (χ1n) is 11.9. The molecule has 0 radical (unpaired) electrons. The van der Waals surface area contributed by atoms with Gasteiger partial charge in [0, 0.05) is 6.04 Å². The first-order valence-corrected chi connectivity index (χ1v) is 19.2. The van der Waals surface area contributed by atoms with E-state index in [2.05, 4.69) is 110 Å². The summed E-state index contributed by atoms with van der Waals surface area (Å²) in [5, 5.41) is 5.32. The molecule has 6 rings (SSSR count). The van der Waals surface area contributed by atoms with E-state index in [-0.39, 0.29) is 19.6 Å². The number of fused-ring (bicyclic) bond motifs is 6. The van der Waals surface area contributed by atoms with Crippen molar-refractivity contribution in [1.29, 1.82) is 0 Å². The summed E-state index contributed by atoms with van der Waals surface area (Å²) in [6.45, 7) is 7.58. The molecule has 0 aromatic heterocycles. The van der Waals surface area contributed by atoms with Crippen molar-refractivity contribution in [3.05, 3.63) is 103 Å². The second kappa shape index (κ2) is 10.8. The molecule has 180 valence electrons. The van der Waals surface area contributed by atoms with Crippen molar-refractivity contribution in [2.75, 3.05) is 0 Å². The first-order chi connectivity index (χ1) is 16.0. The van der Waals surface area contributed by atoms with Crippen molar-refractivity contribution in [3.63, 3.8) is 0 Å². The first kappa shape index (κ1) is 26.4. The second-order valence-electron chi connectivity index (χ2n) is 10.2. The Kier molecular flexibility index (Phi) is 8.36. The summed E-state index contributed by atoms with van der Waals surface area (Å²) in [6, 6.07) is 9.52. The summed E-state index contributed by atoms with van der Waals surface area (Å²) >= 11 is -0.556. The van der Waals surface area contributed by atoms with Crippen molar-refractivity contribution >= 4 is 32.9 Å². The molecule has 5 aliphatic rings. The van der Waals surface area contributed by atoms with Crippen LogP contribution in [-0.2, 0) is 17.0 Å². The second-order valence-corrected chi connectivity index (χ2v) is 17.3. The van der Waals surface area contributed by atoms with E-state index in [9.17, 15) is 0 Å². The van der Waals surface area contributed by atoms with Crippen LogP contribution in [0.4, 0.5) is 0 Å². The molecule has 1 saturated heterocycles. The molecule has 6 heteroatoms. The maximum absolute atomic E-state index is 5.32. The van der Waals surface area contributed by atoms with Gasteiger partial charge < -0.3 is 17.3 Å². The molecule has 7 atom stereocenters. The van der Waals surface area contributed by atoms with Crippen molar-refractivity contribution in [3.8, 4) is 0 Å². The van der Waals surface area contributed by atoms with Crippen LogP contribution < -0.4 is 0 Å². The van der Waals surface area contributed by atoms with Crippen molar-refractivity contribution < 1.29 is 17.0 Å². The predicted molar refractivity (Wildman–Crippen MR) is 147 cm³/mol. The Labute approximate surface area is 223 Å². The van der Waals surface area contributed by atoms with Crippen LogP contribution in [0, 0.1) is 31.1 Å². The molecule has 1 aromatic carbocycles. The van der Waals surface area contributed by atoms with Crippen LogP contribution in [0.1, 0.15) is 24.1 Å². The third-order valence-corrected chi connectivity index (χ3v) is 12.8. The van der Waals surface area contributed by atoms with Crippen LogP contribution in [-0.4, -0.2) is 25.0 Å². The van der Waals surface area contributed by atoms with Gasteiger partial charge in [0.15, 0.2) is 0 Å². The van der Waals surface area contributed by atoms with Crippen molar-refractivity contribution in [1.82, 2.24) is 4.57 Å². The molecule has 1 heterocycles. The third-order valence-electron chi connectivity index (χ3n) is 8.41. The Morgan fingerprint density at radius 1 is 0.853 bits per heavy atom. The van der Waals surface area contributed by atoms with Crippen molar-refractivity contribution in [2.24, 2.45) is 23.7 Å². The topological polar surface area (TPSA) is 17.3 Å². The van der Waals surface area contributed by atoms with E-state index in [0.717, 1.165) is 0 Å². The van der Waals surface area contributed by atoms with Crippen LogP contribution in [0.2, 0.25) is 18.6 Å². The number of nitrogens with zero attached hydrogens (tertiary/aromatic N) is 2. The van der Waals surface area contributed by atoms with Gasteiger partial charge in [-0.1, -0.05) is 123 Å². The van der Waals surface area contributed by atoms with E-state index >= 15 is 0 Å². The number of allylic oxidation sites excluding steroid dienone is 8. The summed E-state index contributed by atoms with van der Waals surface area (Å²) < 4.78 is 2.87. The molecule has 0 N–H and O–H groups in total. The Morgan fingerprint density at radius 2 is 1.38 bits per heavy atom. The number of benzene rings is 1. The number of hydrogen-bond donors (Lipinski definition) is 0. The maximum atomic E-state index is 5.32. The van der Waals surface area contributed by atoms with Gasteiger partial charge in [0.2, 0.25) is 0 Å². The molecule has 1 aliphatic heterocycles.